The molecule has 3 aromatic rings. The second kappa shape index (κ2) is 5.96. The molecule has 0 saturated carbocycles. The van der Waals surface area contributed by atoms with Gasteiger partial charge in [0.1, 0.15) is 5.82 Å². The molecule has 6 heteroatoms. The van der Waals surface area contributed by atoms with Crippen molar-refractivity contribution in [2.24, 2.45) is 0 Å². The number of aromatic nitrogens is 2. The van der Waals surface area contributed by atoms with Crippen LogP contribution >= 0.6 is 23.2 Å². The maximum atomic E-state index is 12.6. The van der Waals surface area contributed by atoms with E-state index in [1.807, 2.05) is 30.3 Å². The molecule has 1 aromatic heterocycles. The summed E-state index contributed by atoms with van der Waals surface area (Å²) in [5, 5.41) is 4.60. The van der Waals surface area contributed by atoms with Gasteiger partial charge in [-0.3, -0.25) is 4.79 Å². The minimum atomic E-state index is -0.116. The van der Waals surface area contributed by atoms with E-state index in [1.165, 1.54) is 0 Å². The van der Waals surface area contributed by atoms with Crippen LogP contribution in [-0.2, 0) is 6.42 Å². The lowest BCUT2D eigenvalue weighted by Crippen LogP contribution is -2.18. The molecule has 0 unspecified atom stereocenters. The third kappa shape index (κ3) is 2.68. The Bertz CT molecular complexity index is 981. The van der Waals surface area contributed by atoms with Crippen LogP contribution in [-0.4, -0.2) is 16.5 Å². The summed E-state index contributed by atoms with van der Waals surface area (Å²) in [4.78, 5) is 20.2. The molecule has 24 heavy (non-hydrogen) atoms. The number of nitrogens with one attached hydrogen (secondary N) is 2. The van der Waals surface area contributed by atoms with Gasteiger partial charge in [0.25, 0.3) is 5.56 Å². The van der Waals surface area contributed by atoms with Gasteiger partial charge >= 0.3 is 0 Å². The fourth-order valence-electron chi connectivity index (χ4n) is 2.89. The van der Waals surface area contributed by atoms with E-state index in [9.17, 15) is 4.79 Å². The SMILES string of the molecule is O=c1[nH]c(-c2ccc(Cl)cc2)nc2c1CCNc1cc(Cl)ccc1-2. The zero-order chi connectivity index (χ0) is 16.7. The summed E-state index contributed by atoms with van der Waals surface area (Å²) in [7, 11) is 0. The van der Waals surface area contributed by atoms with Crippen LogP contribution in [0.4, 0.5) is 5.69 Å². The summed E-state index contributed by atoms with van der Waals surface area (Å²) in [6.07, 6.45) is 0.602. The maximum Gasteiger partial charge on any atom is 0.255 e. The highest BCUT2D eigenvalue weighted by molar-refractivity contribution is 6.31. The second-order valence-electron chi connectivity index (χ2n) is 5.62. The molecule has 120 valence electrons. The molecule has 4 rings (SSSR count). The fraction of sp³-hybridized carbons (Fsp3) is 0.111. The minimum Gasteiger partial charge on any atom is -0.384 e. The predicted molar refractivity (Wildman–Crippen MR) is 97.9 cm³/mol. The van der Waals surface area contributed by atoms with Gasteiger partial charge in [0.2, 0.25) is 0 Å². The minimum absolute atomic E-state index is 0.116. The Kier molecular flexibility index (Phi) is 3.79. The fourth-order valence-corrected chi connectivity index (χ4v) is 3.19. The zero-order valence-corrected chi connectivity index (χ0v) is 14.1. The topological polar surface area (TPSA) is 57.8 Å². The zero-order valence-electron chi connectivity index (χ0n) is 12.6. The van der Waals surface area contributed by atoms with Gasteiger partial charge in [-0.25, -0.2) is 4.98 Å². The summed E-state index contributed by atoms with van der Waals surface area (Å²) < 4.78 is 0. The molecule has 0 atom stereocenters. The average molecular weight is 358 g/mol. The van der Waals surface area contributed by atoms with Crippen molar-refractivity contribution in [1.82, 2.24) is 9.97 Å². The van der Waals surface area contributed by atoms with E-state index in [1.54, 1.807) is 12.1 Å². The van der Waals surface area contributed by atoms with Gasteiger partial charge in [0.05, 0.1) is 5.69 Å². The van der Waals surface area contributed by atoms with Gasteiger partial charge in [0.15, 0.2) is 0 Å². The van der Waals surface area contributed by atoms with Crippen molar-refractivity contribution in [2.75, 3.05) is 11.9 Å². The van der Waals surface area contributed by atoms with Gasteiger partial charge < -0.3 is 10.3 Å². The van der Waals surface area contributed by atoms with E-state index in [0.29, 0.717) is 40.1 Å². The third-order valence-corrected chi connectivity index (χ3v) is 4.55. The molecule has 0 fully saturated rings. The van der Waals surface area contributed by atoms with E-state index in [0.717, 1.165) is 16.8 Å². The molecule has 2 N–H and O–H groups in total. The van der Waals surface area contributed by atoms with Crippen molar-refractivity contribution in [3.63, 3.8) is 0 Å². The number of H-pyrrole nitrogens is 1. The molecular formula is C18H13Cl2N3O. The molecule has 0 radical (unpaired) electrons. The summed E-state index contributed by atoms with van der Waals surface area (Å²) in [5.41, 5.74) is 3.85. The number of fused-ring (bicyclic) bond motifs is 3. The summed E-state index contributed by atoms with van der Waals surface area (Å²) in [5.74, 6) is 0.526. The Morgan fingerprint density at radius 1 is 1.00 bits per heavy atom. The first-order valence-electron chi connectivity index (χ1n) is 7.55. The number of aromatic amines is 1. The predicted octanol–water partition coefficient (Wildman–Crippen LogP) is 4.38. The Morgan fingerprint density at radius 3 is 2.54 bits per heavy atom. The van der Waals surface area contributed by atoms with E-state index in [4.69, 9.17) is 28.2 Å². The highest BCUT2D eigenvalue weighted by Gasteiger charge is 2.20. The van der Waals surface area contributed by atoms with Crippen molar-refractivity contribution in [1.29, 1.82) is 0 Å². The quantitative estimate of drug-likeness (QED) is 0.679. The van der Waals surface area contributed by atoms with Gasteiger partial charge in [-0.15, -0.1) is 0 Å². The Hall–Kier alpha value is -2.30. The lowest BCUT2D eigenvalue weighted by atomic mass is 10.0. The van der Waals surface area contributed by atoms with Gasteiger partial charge in [-0.05, 0) is 48.9 Å². The average Bonchev–Trinajstić information content (AvgIpc) is 2.75. The van der Waals surface area contributed by atoms with Gasteiger partial charge in [-0.2, -0.15) is 0 Å². The van der Waals surface area contributed by atoms with Gasteiger partial charge in [0, 0.05) is 39.0 Å². The first-order chi connectivity index (χ1) is 11.6. The van der Waals surface area contributed by atoms with Crippen molar-refractivity contribution in [2.45, 2.75) is 6.42 Å². The van der Waals surface area contributed by atoms with E-state index >= 15 is 0 Å². The number of rotatable bonds is 1. The number of hydrogen-bond acceptors (Lipinski definition) is 3. The maximum absolute atomic E-state index is 12.6. The van der Waals surface area contributed by atoms with Crippen LogP contribution in [0.5, 0.6) is 0 Å². The number of nitrogens with zero attached hydrogens (tertiary/aromatic N) is 1. The summed E-state index contributed by atoms with van der Waals surface area (Å²) in [6.45, 7) is 0.658. The van der Waals surface area contributed by atoms with Crippen LogP contribution in [0.2, 0.25) is 10.0 Å². The monoisotopic (exact) mass is 357 g/mol. The van der Waals surface area contributed by atoms with Crippen molar-refractivity contribution in [3.8, 4) is 22.6 Å². The molecule has 4 nitrogen and oxygen atoms in total. The van der Waals surface area contributed by atoms with Crippen molar-refractivity contribution in [3.05, 3.63) is 68.4 Å². The molecule has 2 aromatic carbocycles. The largest absolute Gasteiger partial charge is 0.384 e. The van der Waals surface area contributed by atoms with Crippen LogP contribution < -0.4 is 10.9 Å². The molecular weight excluding hydrogens is 345 g/mol. The van der Waals surface area contributed by atoms with E-state index in [2.05, 4.69) is 10.3 Å². The Morgan fingerprint density at radius 2 is 1.75 bits per heavy atom. The summed E-state index contributed by atoms with van der Waals surface area (Å²) in [6, 6.07) is 12.8. The molecule has 0 bridgehead atoms. The molecule has 1 aliphatic heterocycles. The molecule has 0 aliphatic carbocycles. The second-order valence-corrected chi connectivity index (χ2v) is 6.49. The normalized spacial score (nSPS) is 12.8. The molecule has 1 aliphatic rings. The molecule has 0 spiro atoms. The highest BCUT2D eigenvalue weighted by atomic mass is 35.5. The molecule has 0 saturated heterocycles. The highest BCUT2D eigenvalue weighted by Crippen LogP contribution is 2.33. The number of anilines is 1. The Balaban J connectivity index is 1.95. The number of benzene rings is 2. The Labute approximate surface area is 148 Å². The standard InChI is InChI=1S/C18H13Cl2N3O/c19-11-3-1-10(2-4-11)17-22-16-13-6-5-12(20)9-15(13)21-8-7-14(16)18(24)23-17/h1-6,9,21H,7-8H2,(H,22,23,24). The lowest BCUT2D eigenvalue weighted by Gasteiger charge is -2.10. The number of halogens is 2. The van der Waals surface area contributed by atoms with Crippen LogP contribution in [0.15, 0.2) is 47.3 Å². The smallest absolute Gasteiger partial charge is 0.255 e. The van der Waals surface area contributed by atoms with Crippen LogP contribution in [0.3, 0.4) is 0 Å². The first-order valence-corrected chi connectivity index (χ1v) is 8.30. The lowest BCUT2D eigenvalue weighted by molar-refractivity contribution is 0.976. The molecule has 2 heterocycles. The first kappa shape index (κ1) is 15.2. The van der Waals surface area contributed by atoms with Crippen molar-refractivity contribution < 1.29 is 0 Å². The summed E-state index contributed by atoms with van der Waals surface area (Å²) >= 11 is 12.0. The van der Waals surface area contributed by atoms with E-state index < -0.39 is 0 Å². The number of hydrogen-bond donors (Lipinski definition) is 2. The van der Waals surface area contributed by atoms with Gasteiger partial charge in [-0.1, -0.05) is 23.2 Å². The van der Waals surface area contributed by atoms with Crippen molar-refractivity contribution >= 4 is 28.9 Å². The molecule has 0 amide bonds. The van der Waals surface area contributed by atoms with Crippen LogP contribution in [0.25, 0.3) is 22.6 Å². The van der Waals surface area contributed by atoms with Crippen LogP contribution in [0, 0.1) is 0 Å². The van der Waals surface area contributed by atoms with Crippen LogP contribution in [0.1, 0.15) is 5.56 Å². The third-order valence-electron chi connectivity index (χ3n) is 4.06. The van der Waals surface area contributed by atoms with E-state index in [-0.39, 0.29) is 5.56 Å².